The summed E-state index contributed by atoms with van der Waals surface area (Å²) in [6.45, 7) is 2.85. The zero-order valence-corrected chi connectivity index (χ0v) is 10.0. The van der Waals surface area contributed by atoms with Crippen molar-refractivity contribution in [2.75, 3.05) is 39.0 Å². The van der Waals surface area contributed by atoms with Crippen LogP contribution in [0.1, 0.15) is 5.56 Å². The maximum Gasteiger partial charge on any atom is 0.139 e. The average molecular weight is 241 g/mol. The number of rotatable bonds is 9. The minimum Gasteiger partial charge on any atom is -0.382 e. The van der Waals surface area contributed by atoms with Crippen LogP contribution >= 0.6 is 0 Å². The van der Waals surface area contributed by atoms with Gasteiger partial charge in [-0.25, -0.2) is 10.8 Å². The van der Waals surface area contributed by atoms with Crippen molar-refractivity contribution in [2.24, 2.45) is 5.84 Å². The third kappa shape index (κ3) is 6.18. The van der Waals surface area contributed by atoms with Gasteiger partial charge < -0.3 is 19.6 Å². The number of aromatic nitrogens is 1. The Morgan fingerprint density at radius 3 is 2.59 bits per heavy atom. The summed E-state index contributed by atoms with van der Waals surface area (Å²) in [7, 11) is 1.65. The largest absolute Gasteiger partial charge is 0.382 e. The molecule has 96 valence electrons. The van der Waals surface area contributed by atoms with Crippen LogP contribution in [-0.2, 0) is 20.8 Å². The number of anilines is 1. The molecule has 0 aliphatic heterocycles. The standard InChI is InChI=1S/C11H19N3O3/c1-15-4-5-16-6-7-17-9-10-2-3-11(14-12)13-8-10/h2-3,8H,4-7,9,12H2,1H3,(H,13,14). The van der Waals surface area contributed by atoms with Crippen LogP contribution in [0.2, 0.25) is 0 Å². The topological polar surface area (TPSA) is 78.6 Å². The van der Waals surface area contributed by atoms with Gasteiger partial charge in [-0.2, -0.15) is 0 Å². The summed E-state index contributed by atoms with van der Waals surface area (Å²) in [6, 6.07) is 3.71. The minimum atomic E-state index is 0.519. The Morgan fingerprint density at radius 2 is 1.94 bits per heavy atom. The molecule has 1 aromatic heterocycles. The number of methoxy groups -OCH3 is 1. The number of hydrogen-bond acceptors (Lipinski definition) is 6. The molecule has 0 spiro atoms. The molecule has 17 heavy (non-hydrogen) atoms. The molecule has 0 bridgehead atoms. The molecule has 6 heteroatoms. The fourth-order valence-electron chi connectivity index (χ4n) is 1.15. The molecular formula is C11H19N3O3. The first-order valence-corrected chi connectivity index (χ1v) is 5.43. The zero-order valence-electron chi connectivity index (χ0n) is 10.0. The maximum atomic E-state index is 5.42. The highest BCUT2D eigenvalue weighted by Gasteiger charge is 1.95. The third-order valence-electron chi connectivity index (χ3n) is 2.05. The van der Waals surface area contributed by atoms with E-state index in [2.05, 4.69) is 10.4 Å². The molecular weight excluding hydrogens is 222 g/mol. The summed E-state index contributed by atoms with van der Waals surface area (Å²) >= 11 is 0. The van der Waals surface area contributed by atoms with Gasteiger partial charge in [0.1, 0.15) is 5.82 Å². The smallest absolute Gasteiger partial charge is 0.139 e. The predicted molar refractivity (Wildman–Crippen MR) is 64.4 cm³/mol. The summed E-state index contributed by atoms with van der Waals surface area (Å²) in [5, 5.41) is 0. The van der Waals surface area contributed by atoms with Gasteiger partial charge in [0.2, 0.25) is 0 Å². The summed E-state index contributed by atoms with van der Waals surface area (Å²) in [6.07, 6.45) is 1.72. The first-order chi connectivity index (χ1) is 8.36. The summed E-state index contributed by atoms with van der Waals surface area (Å²) in [4.78, 5) is 4.07. The molecule has 0 fully saturated rings. The highest BCUT2D eigenvalue weighted by atomic mass is 16.5. The molecule has 1 heterocycles. The molecule has 0 aromatic carbocycles. The van der Waals surface area contributed by atoms with E-state index in [1.807, 2.05) is 6.07 Å². The van der Waals surface area contributed by atoms with Gasteiger partial charge in [-0.1, -0.05) is 6.07 Å². The molecule has 0 aliphatic carbocycles. The predicted octanol–water partition coefficient (Wildman–Crippen LogP) is 0.547. The van der Waals surface area contributed by atoms with E-state index in [1.165, 1.54) is 0 Å². The second-order valence-corrected chi connectivity index (χ2v) is 3.35. The molecule has 0 radical (unpaired) electrons. The van der Waals surface area contributed by atoms with E-state index in [1.54, 1.807) is 19.4 Å². The number of nitrogens with one attached hydrogen (secondary N) is 1. The Labute approximate surface area is 101 Å². The number of nitrogens with two attached hydrogens (primary N) is 1. The molecule has 0 saturated heterocycles. The van der Waals surface area contributed by atoms with Crippen LogP contribution in [0, 0.1) is 0 Å². The maximum absolute atomic E-state index is 5.42. The highest BCUT2D eigenvalue weighted by molar-refractivity contribution is 5.33. The van der Waals surface area contributed by atoms with Gasteiger partial charge in [0.05, 0.1) is 33.0 Å². The fraction of sp³-hybridized carbons (Fsp3) is 0.545. The molecule has 6 nitrogen and oxygen atoms in total. The number of hydrazine groups is 1. The summed E-state index contributed by atoms with van der Waals surface area (Å²) in [5.41, 5.74) is 3.47. The molecule has 0 saturated carbocycles. The van der Waals surface area contributed by atoms with Gasteiger partial charge in [-0.15, -0.1) is 0 Å². The monoisotopic (exact) mass is 241 g/mol. The van der Waals surface area contributed by atoms with Gasteiger partial charge in [-0.05, 0) is 11.6 Å². The highest BCUT2D eigenvalue weighted by Crippen LogP contribution is 2.04. The second kappa shape index (κ2) is 8.89. The SMILES string of the molecule is COCCOCCOCc1ccc(NN)nc1. The van der Waals surface area contributed by atoms with Crippen molar-refractivity contribution >= 4 is 5.82 Å². The summed E-state index contributed by atoms with van der Waals surface area (Å²) in [5.74, 6) is 5.84. The van der Waals surface area contributed by atoms with Crippen molar-refractivity contribution in [3.05, 3.63) is 23.9 Å². The Hall–Kier alpha value is -1.21. The normalized spacial score (nSPS) is 10.5. The number of nitrogen functional groups attached to an aromatic ring is 1. The van der Waals surface area contributed by atoms with E-state index in [-0.39, 0.29) is 0 Å². The number of ether oxygens (including phenoxy) is 3. The number of nitrogens with zero attached hydrogens (tertiary/aromatic N) is 1. The van der Waals surface area contributed by atoms with Gasteiger partial charge in [0.25, 0.3) is 0 Å². The van der Waals surface area contributed by atoms with Crippen molar-refractivity contribution in [1.82, 2.24) is 4.98 Å². The Bertz CT molecular complexity index is 293. The van der Waals surface area contributed by atoms with E-state index in [9.17, 15) is 0 Å². The fourth-order valence-corrected chi connectivity index (χ4v) is 1.15. The lowest BCUT2D eigenvalue weighted by Gasteiger charge is -2.06. The molecule has 0 aliphatic rings. The van der Waals surface area contributed by atoms with Crippen LogP contribution in [0.15, 0.2) is 18.3 Å². The van der Waals surface area contributed by atoms with Crippen LogP contribution in [-0.4, -0.2) is 38.5 Å². The first-order valence-electron chi connectivity index (χ1n) is 5.43. The van der Waals surface area contributed by atoms with E-state index in [0.717, 1.165) is 5.56 Å². The van der Waals surface area contributed by atoms with Gasteiger partial charge in [0, 0.05) is 13.3 Å². The van der Waals surface area contributed by atoms with Gasteiger partial charge in [-0.3, -0.25) is 0 Å². The van der Waals surface area contributed by atoms with Crippen LogP contribution in [0.5, 0.6) is 0 Å². The molecule has 0 amide bonds. The van der Waals surface area contributed by atoms with Crippen LogP contribution in [0.25, 0.3) is 0 Å². The lowest BCUT2D eigenvalue weighted by molar-refractivity contribution is 0.0199. The Balaban J connectivity index is 2.05. The molecule has 0 atom stereocenters. The lowest BCUT2D eigenvalue weighted by atomic mass is 10.3. The van der Waals surface area contributed by atoms with Crippen LogP contribution in [0.3, 0.4) is 0 Å². The van der Waals surface area contributed by atoms with E-state index in [4.69, 9.17) is 20.1 Å². The van der Waals surface area contributed by atoms with Crippen molar-refractivity contribution in [3.8, 4) is 0 Å². The molecule has 3 N–H and O–H groups in total. The van der Waals surface area contributed by atoms with Crippen molar-refractivity contribution in [3.63, 3.8) is 0 Å². The minimum absolute atomic E-state index is 0.519. The second-order valence-electron chi connectivity index (χ2n) is 3.35. The molecule has 1 aromatic rings. The van der Waals surface area contributed by atoms with Gasteiger partial charge >= 0.3 is 0 Å². The van der Waals surface area contributed by atoms with Crippen LogP contribution < -0.4 is 11.3 Å². The van der Waals surface area contributed by atoms with Crippen molar-refractivity contribution < 1.29 is 14.2 Å². The Kier molecular flexibility index (Phi) is 7.24. The molecule has 1 rings (SSSR count). The van der Waals surface area contributed by atoms with E-state index >= 15 is 0 Å². The van der Waals surface area contributed by atoms with Crippen molar-refractivity contribution in [2.45, 2.75) is 6.61 Å². The number of hydrogen-bond donors (Lipinski definition) is 2. The van der Waals surface area contributed by atoms with E-state index in [0.29, 0.717) is 38.9 Å². The van der Waals surface area contributed by atoms with Gasteiger partial charge in [0.15, 0.2) is 0 Å². The van der Waals surface area contributed by atoms with Crippen molar-refractivity contribution in [1.29, 1.82) is 0 Å². The Morgan fingerprint density at radius 1 is 1.18 bits per heavy atom. The third-order valence-corrected chi connectivity index (χ3v) is 2.05. The average Bonchev–Trinajstić information content (AvgIpc) is 2.38. The van der Waals surface area contributed by atoms with E-state index < -0.39 is 0 Å². The molecule has 0 unspecified atom stereocenters. The zero-order chi connectivity index (χ0) is 12.3. The van der Waals surface area contributed by atoms with Crippen LogP contribution in [0.4, 0.5) is 5.82 Å². The first kappa shape index (κ1) is 13.9. The quantitative estimate of drug-likeness (QED) is 0.373. The number of pyridine rings is 1. The lowest BCUT2D eigenvalue weighted by Crippen LogP contribution is -2.09. The summed E-state index contributed by atoms with van der Waals surface area (Å²) < 4.78 is 15.5.